The summed E-state index contributed by atoms with van der Waals surface area (Å²) < 4.78 is 15.0. The Morgan fingerprint density at radius 2 is 1.94 bits per heavy atom. The van der Waals surface area contributed by atoms with Gasteiger partial charge in [-0.3, -0.25) is 24.4 Å². The average Bonchev–Trinajstić information content (AvgIpc) is 3.72. The molecule has 36 heavy (non-hydrogen) atoms. The Morgan fingerprint density at radius 3 is 2.58 bits per heavy atom. The van der Waals surface area contributed by atoms with Crippen molar-refractivity contribution in [1.29, 1.82) is 5.26 Å². The molecule has 0 unspecified atom stereocenters. The number of terminal acetylenes is 1. The van der Waals surface area contributed by atoms with Gasteiger partial charge in [-0.25, -0.2) is 9.37 Å². The number of fused-ring (bicyclic) bond motifs is 1. The van der Waals surface area contributed by atoms with Crippen molar-refractivity contribution in [3.63, 3.8) is 0 Å². The van der Waals surface area contributed by atoms with Crippen LogP contribution in [0, 0.1) is 39.6 Å². The third kappa shape index (κ3) is 4.28. The predicted octanol–water partition coefficient (Wildman–Crippen LogP) is 3.15. The van der Waals surface area contributed by atoms with Gasteiger partial charge in [-0.2, -0.15) is 5.26 Å². The van der Waals surface area contributed by atoms with Crippen molar-refractivity contribution in [2.75, 3.05) is 31.1 Å². The summed E-state index contributed by atoms with van der Waals surface area (Å²) in [6.45, 7) is 2.53. The maximum atomic E-state index is 13.8. The van der Waals surface area contributed by atoms with E-state index < -0.39 is 16.2 Å². The fourth-order valence-electron chi connectivity index (χ4n) is 4.92. The number of hydrogen-bond acceptors (Lipinski definition) is 7. The van der Waals surface area contributed by atoms with E-state index in [4.69, 9.17) is 6.42 Å². The lowest BCUT2D eigenvalue weighted by Crippen LogP contribution is -2.47. The summed E-state index contributed by atoms with van der Waals surface area (Å²) in [7, 11) is 0. The highest BCUT2D eigenvalue weighted by Gasteiger charge is 2.33. The van der Waals surface area contributed by atoms with Crippen molar-refractivity contribution in [1.82, 2.24) is 14.5 Å². The lowest BCUT2D eigenvalue weighted by atomic mass is 10.0. The summed E-state index contributed by atoms with van der Waals surface area (Å²) in [6, 6.07) is 9.92. The van der Waals surface area contributed by atoms with Gasteiger partial charge in [0.2, 0.25) is 0 Å². The molecule has 0 atom stereocenters. The minimum atomic E-state index is -0.797. The zero-order valence-electron chi connectivity index (χ0n) is 19.5. The Hall–Kier alpha value is -4.28. The molecule has 2 aromatic heterocycles. The molecule has 5 rings (SSSR count). The van der Waals surface area contributed by atoms with Crippen molar-refractivity contribution in [3.8, 4) is 18.4 Å². The molecule has 3 heterocycles. The number of benzene rings is 1. The Balaban J connectivity index is 1.48. The molecule has 10 heteroatoms. The van der Waals surface area contributed by atoms with E-state index in [2.05, 4.69) is 15.8 Å². The maximum absolute atomic E-state index is 13.8. The third-order valence-corrected chi connectivity index (χ3v) is 6.82. The van der Waals surface area contributed by atoms with E-state index in [9.17, 15) is 24.6 Å². The molecule has 0 radical (unpaired) electrons. The van der Waals surface area contributed by atoms with Crippen LogP contribution in [0.3, 0.4) is 0 Å². The number of nitriles is 1. The van der Waals surface area contributed by atoms with Crippen molar-refractivity contribution in [3.05, 3.63) is 73.4 Å². The average molecular weight is 487 g/mol. The molecule has 9 nitrogen and oxygen atoms in total. The van der Waals surface area contributed by atoms with Gasteiger partial charge in [-0.1, -0.05) is 12.0 Å². The number of hydrogen-bond donors (Lipinski definition) is 0. The van der Waals surface area contributed by atoms with E-state index in [1.165, 1.54) is 12.1 Å². The molecule has 0 amide bonds. The lowest BCUT2D eigenvalue weighted by Gasteiger charge is -2.36. The van der Waals surface area contributed by atoms with E-state index in [1.807, 2.05) is 12.1 Å². The number of rotatable bonds is 6. The van der Waals surface area contributed by atoms with Gasteiger partial charge in [0.05, 0.1) is 17.0 Å². The minimum absolute atomic E-state index is 0.0894. The second-order valence-corrected chi connectivity index (χ2v) is 9.11. The maximum Gasteiger partial charge on any atom is 0.359 e. The first-order valence-electron chi connectivity index (χ1n) is 11.7. The van der Waals surface area contributed by atoms with Gasteiger partial charge < -0.3 is 4.90 Å². The summed E-state index contributed by atoms with van der Waals surface area (Å²) in [4.78, 5) is 32.9. The largest absolute Gasteiger partial charge is 0.361 e. The highest BCUT2D eigenvalue weighted by molar-refractivity contribution is 5.94. The van der Waals surface area contributed by atoms with Crippen LogP contribution in [0.1, 0.15) is 35.6 Å². The van der Waals surface area contributed by atoms with Crippen LogP contribution in [0.4, 0.5) is 15.8 Å². The van der Waals surface area contributed by atoms with Crippen LogP contribution in [0.25, 0.3) is 11.0 Å². The van der Waals surface area contributed by atoms with E-state index in [1.54, 1.807) is 17.0 Å². The molecule has 2 aliphatic rings. The Kier molecular flexibility index (Phi) is 6.13. The van der Waals surface area contributed by atoms with Gasteiger partial charge in [-0.05, 0) is 54.2 Å². The quantitative estimate of drug-likeness (QED) is 0.299. The van der Waals surface area contributed by atoms with Gasteiger partial charge in [0.15, 0.2) is 5.69 Å². The van der Waals surface area contributed by atoms with E-state index >= 15 is 0 Å². The summed E-state index contributed by atoms with van der Waals surface area (Å²) >= 11 is 0. The lowest BCUT2D eigenvalue weighted by molar-refractivity contribution is -0.385. The molecule has 1 aliphatic carbocycles. The van der Waals surface area contributed by atoms with Gasteiger partial charge in [0.1, 0.15) is 23.1 Å². The zero-order valence-corrected chi connectivity index (χ0v) is 19.5. The van der Waals surface area contributed by atoms with Crippen LogP contribution in [0.15, 0.2) is 35.1 Å². The predicted molar refractivity (Wildman–Crippen MR) is 132 cm³/mol. The molecule has 0 bridgehead atoms. The molecule has 1 aromatic carbocycles. The van der Waals surface area contributed by atoms with Crippen LogP contribution in [0.5, 0.6) is 0 Å². The first-order chi connectivity index (χ1) is 17.4. The van der Waals surface area contributed by atoms with E-state index in [0.717, 1.165) is 28.5 Å². The van der Waals surface area contributed by atoms with E-state index in [0.29, 0.717) is 44.2 Å². The van der Waals surface area contributed by atoms with Crippen LogP contribution < -0.4 is 10.5 Å². The van der Waals surface area contributed by atoms with Crippen LogP contribution in [-0.4, -0.2) is 45.6 Å². The zero-order chi connectivity index (χ0) is 25.4. The fraction of sp³-hybridized carbons (Fsp3) is 0.346. The molecular formula is C26H23FN6O3. The van der Waals surface area contributed by atoms with Gasteiger partial charge in [-0.15, -0.1) is 6.42 Å². The fourth-order valence-corrected chi connectivity index (χ4v) is 4.92. The van der Waals surface area contributed by atoms with Crippen molar-refractivity contribution < 1.29 is 9.31 Å². The first-order valence-corrected chi connectivity index (χ1v) is 11.7. The number of halogens is 1. The van der Waals surface area contributed by atoms with Crippen molar-refractivity contribution >= 4 is 22.4 Å². The molecule has 182 valence electrons. The van der Waals surface area contributed by atoms with Crippen LogP contribution in [0.2, 0.25) is 0 Å². The Bertz CT molecular complexity index is 1510. The van der Waals surface area contributed by atoms with Crippen LogP contribution in [-0.2, 0) is 13.1 Å². The molecule has 0 spiro atoms. The second-order valence-electron chi connectivity index (χ2n) is 9.11. The summed E-state index contributed by atoms with van der Waals surface area (Å²) in [5, 5.41) is 21.4. The monoisotopic (exact) mass is 486 g/mol. The highest BCUT2D eigenvalue weighted by atomic mass is 19.1. The number of pyridine rings is 2. The number of aromatic nitrogens is 2. The molecule has 0 N–H and O–H groups in total. The standard InChI is InChI=1S/C26H23FN6O3/c1-2-9-32-22-8-7-20(15-28)29-23(22)24(25(26(32)34)33(35)36)31-12-10-30(11-13-31)16-18-5-6-19(27)14-21(18)17-3-4-17/h1,5-8,14,17H,3-4,9-13,16H2. The molecule has 1 aliphatic heterocycles. The first kappa shape index (κ1) is 23.5. The molecule has 1 saturated carbocycles. The van der Waals surface area contributed by atoms with E-state index in [-0.39, 0.29) is 29.3 Å². The number of piperazine rings is 1. The molecular weight excluding hydrogens is 463 g/mol. The molecule has 1 saturated heterocycles. The Morgan fingerprint density at radius 1 is 1.19 bits per heavy atom. The smallest absolute Gasteiger partial charge is 0.359 e. The summed E-state index contributed by atoms with van der Waals surface area (Å²) in [6.07, 6.45) is 7.56. The Labute approximate surface area is 206 Å². The van der Waals surface area contributed by atoms with Gasteiger partial charge >= 0.3 is 11.2 Å². The minimum Gasteiger partial charge on any atom is -0.361 e. The SMILES string of the molecule is C#CCn1c(=O)c([N+](=O)[O-])c(N2CCN(Cc3ccc(F)cc3C3CC3)CC2)c2nc(C#N)ccc21. The van der Waals surface area contributed by atoms with Gasteiger partial charge in [0, 0.05) is 32.7 Å². The normalized spacial score (nSPS) is 16.0. The second kappa shape index (κ2) is 9.40. The highest BCUT2D eigenvalue weighted by Crippen LogP contribution is 2.42. The number of nitrogens with zero attached hydrogens (tertiary/aromatic N) is 6. The number of nitro groups is 1. The summed E-state index contributed by atoms with van der Waals surface area (Å²) in [5.74, 6) is 2.55. The molecule has 2 fully saturated rings. The van der Waals surface area contributed by atoms with Crippen molar-refractivity contribution in [2.45, 2.75) is 31.8 Å². The third-order valence-electron chi connectivity index (χ3n) is 6.82. The number of anilines is 1. The topological polar surface area (TPSA) is 108 Å². The van der Waals surface area contributed by atoms with Crippen LogP contribution >= 0.6 is 0 Å². The van der Waals surface area contributed by atoms with Gasteiger partial charge in [0.25, 0.3) is 0 Å². The van der Waals surface area contributed by atoms with Crippen molar-refractivity contribution in [2.24, 2.45) is 0 Å². The summed E-state index contributed by atoms with van der Waals surface area (Å²) in [5.41, 5.74) is 1.53. The molecule has 3 aromatic rings.